The molecule has 0 spiro atoms. The Hall–Kier alpha value is -2.49. The molecule has 0 bridgehead atoms. The SMILES string of the molecule is COc1ccc(OCCCCn2c(C)nc3ccccc32)cc1. The monoisotopic (exact) mass is 310 g/mol. The largest absolute Gasteiger partial charge is 0.497 e. The number of nitrogens with zero attached hydrogens (tertiary/aromatic N) is 2. The predicted octanol–water partition coefficient (Wildman–Crippen LogP) is 4.21. The van der Waals surface area contributed by atoms with Gasteiger partial charge in [-0.05, 0) is 56.2 Å². The first-order valence-corrected chi connectivity index (χ1v) is 7.96. The average Bonchev–Trinajstić information content (AvgIpc) is 2.91. The fraction of sp³-hybridized carbons (Fsp3) is 0.316. The number of aromatic nitrogens is 2. The number of para-hydroxylation sites is 2. The minimum absolute atomic E-state index is 0.720. The molecule has 0 aliphatic rings. The van der Waals surface area contributed by atoms with E-state index in [1.165, 1.54) is 5.52 Å². The van der Waals surface area contributed by atoms with Gasteiger partial charge in [0.2, 0.25) is 0 Å². The van der Waals surface area contributed by atoms with Crippen LogP contribution in [0.5, 0.6) is 11.5 Å². The number of benzene rings is 2. The van der Waals surface area contributed by atoms with Crippen molar-refractivity contribution in [2.45, 2.75) is 26.3 Å². The molecule has 0 N–H and O–H groups in total. The van der Waals surface area contributed by atoms with Crippen LogP contribution in [0, 0.1) is 6.92 Å². The highest BCUT2D eigenvalue weighted by molar-refractivity contribution is 5.75. The van der Waals surface area contributed by atoms with Gasteiger partial charge >= 0.3 is 0 Å². The van der Waals surface area contributed by atoms with Crippen LogP contribution in [0.1, 0.15) is 18.7 Å². The van der Waals surface area contributed by atoms with E-state index in [4.69, 9.17) is 9.47 Å². The van der Waals surface area contributed by atoms with Gasteiger partial charge in [0.05, 0.1) is 24.8 Å². The lowest BCUT2D eigenvalue weighted by Gasteiger charge is -2.09. The third-order valence-corrected chi connectivity index (χ3v) is 3.95. The van der Waals surface area contributed by atoms with Crippen molar-refractivity contribution in [1.82, 2.24) is 9.55 Å². The summed E-state index contributed by atoms with van der Waals surface area (Å²) < 4.78 is 13.2. The first kappa shape index (κ1) is 15.4. The first-order valence-electron chi connectivity index (χ1n) is 7.96. The Kier molecular flexibility index (Phi) is 4.81. The van der Waals surface area contributed by atoms with Gasteiger partial charge in [-0.25, -0.2) is 4.98 Å². The number of fused-ring (bicyclic) bond motifs is 1. The van der Waals surface area contributed by atoms with E-state index < -0.39 is 0 Å². The highest BCUT2D eigenvalue weighted by atomic mass is 16.5. The lowest BCUT2D eigenvalue weighted by molar-refractivity contribution is 0.302. The van der Waals surface area contributed by atoms with Crippen LogP contribution in [-0.4, -0.2) is 23.3 Å². The molecule has 23 heavy (non-hydrogen) atoms. The molecule has 0 fully saturated rings. The first-order chi connectivity index (χ1) is 11.3. The summed E-state index contributed by atoms with van der Waals surface area (Å²) in [5.41, 5.74) is 2.28. The normalized spacial score (nSPS) is 10.9. The number of unbranched alkanes of at least 4 members (excludes halogenated alkanes) is 1. The molecule has 3 aromatic rings. The van der Waals surface area contributed by atoms with Crippen molar-refractivity contribution >= 4 is 11.0 Å². The second kappa shape index (κ2) is 7.18. The number of aryl methyl sites for hydroxylation is 2. The van der Waals surface area contributed by atoms with Crippen LogP contribution >= 0.6 is 0 Å². The molecule has 4 nitrogen and oxygen atoms in total. The van der Waals surface area contributed by atoms with Gasteiger partial charge in [-0.3, -0.25) is 0 Å². The van der Waals surface area contributed by atoms with Crippen molar-refractivity contribution in [2.24, 2.45) is 0 Å². The van der Waals surface area contributed by atoms with E-state index in [1.807, 2.05) is 30.3 Å². The van der Waals surface area contributed by atoms with Gasteiger partial charge in [-0.1, -0.05) is 12.1 Å². The zero-order valence-electron chi connectivity index (χ0n) is 13.7. The van der Waals surface area contributed by atoms with Crippen molar-refractivity contribution in [3.8, 4) is 11.5 Å². The van der Waals surface area contributed by atoms with E-state index in [1.54, 1.807) is 7.11 Å². The topological polar surface area (TPSA) is 36.3 Å². The van der Waals surface area contributed by atoms with Crippen molar-refractivity contribution in [1.29, 1.82) is 0 Å². The Bertz CT molecular complexity index is 763. The van der Waals surface area contributed by atoms with Crippen molar-refractivity contribution < 1.29 is 9.47 Å². The van der Waals surface area contributed by atoms with Crippen LogP contribution < -0.4 is 9.47 Å². The lowest BCUT2D eigenvalue weighted by Crippen LogP contribution is -2.03. The summed E-state index contributed by atoms with van der Waals surface area (Å²) in [6, 6.07) is 16.0. The molecule has 1 aromatic heterocycles. The van der Waals surface area contributed by atoms with Crippen LogP contribution in [-0.2, 0) is 6.54 Å². The van der Waals surface area contributed by atoms with Crippen LogP contribution in [0.2, 0.25) is 0 Å². The van der Waals surface area contributed by atoms with Gasteiger partial charge in [0.25, 0.3) is 0 Å². The van der Waals surface area contributed by atoms with Crippen molar-refractivity contribution in [3.05, 3.63) is 54.4 Å². The van der Waals surface area contributed by atoms with Gasteiger partial charge in [0, 0.05) is 6.54 Å². The summed E-state index contributed by atoms with van der Waals surface area (Å²) in [6.45, 7) is 3.75. The zero-order chi connectivity index (χ0) is 16.1. The van der Waals surface area contributed by atoms with E-state index in [0.717, 1.165) is 48.8 Å². The van der Waals surface area contributed by atoms with Crippen LogP contribution in [0.15, 0.2) is 48.5 Å². The number of hydrogen-bond donors (Lipinski definition) is 0. The number of ether oxygens (including phenoxy) is 2. The summed E-state index contributed by atoms with van der Waals surface area (Å²) in [5, 5.41) is 0. The number of imidazole rings is 1. The second-order valence-electron chi connectivity index (χ2n) is 5.53. The number of rotatable bonds is 7. The molecule has 0 atom stereocenters. The molecular weight excluding hydrogens is 288 g/mol. The van der Waals surface area contributed by atoms with E-state index >= 15 is 0 Å². The van der Waals surface area contributed by atoms with E-state index in [0.29, 0.717) is 0 Å². The molecule has 0 unspecified atom stereocenters. The summed E-state index contributed by atoms with van der Waals surface area (Å²) in [7, 11) is 1.66. The number of methoxy groups -OCH3 is 1. The molecule has 0 aliphatic heterocycles. The van der Waals surface area contributed by atoms with E-state index in [2.05, 4.69) is 34.7 Å². The highest BCUT2D eigenvalue weighted by Crippen LogP contribution is 2.18. The molecule has 4 heteroatoms. The Morgan fingerprint density at radius 2 is 1.70 bits per heavy atom. The quantitative estimate of drug-likeness (QED) is 0.613. The average molecular weight is 310 g/mol. The molecule has 0 saturated carbocycles. The maximum absolute atomic E-state index is 5.76. The molecule has 120 valence electrons. The molecule has 0 saturated heterocycles. The summed E-state index contributed by atoms with van der Waals surface area (Å²) in [5.74, 6) is 2.80. The fourth-order valence-electron chi connectivity index (χ4n) is 2.71. The van der Waals surface area contributed by atoms with Gasteiger partial charge < -0.3 is 14.0 Å². The highest BCUT2D eigenvalue weighted by Gasteiger charge is 2.05. The van der Waals surface area contributed by atoms with Crippen LogP contribution in [0.25, 0.3) is 11.0 Å². The van der Waals surface area contributed by atoms with Crippen molar-refractivity contribution in [3.63, 3.8) is 0 Å². The minimum atomic E-state index is 0.720. The Labute approximate surface area is 136 Å². The van der Waals surface area contributed by atoms with Gasteiger partial charge in [-0.15, -0.1) is 0 Å². The number of hydrogen-bond acceptors (Lipinski definition) is 3. The van der Waals surface area contributed by atoms with Gasteiger partial charge in [0.15, 0.2) is 0 Å². The van der Waals surface area contributed by atoms with Crippen LogP contribution in [0.4, 0.5) is 0 Å². The maximum Gasteiger partial charge on any atom is 0.119 e. The molecule has 0 amide bonds. The summed E-state index contributed by atoms with van der Waals surface area (Å²) >= 11 is 0. The summed E-state index contributed by atoms with van der Waals surface area (Å²) in [4.78, 5) is 4.60. The van der Waals surface area contributed by atoms with Gasteiger partial charge in [0.1, 0.15) is 17.3 Å². The molecule has 3 rings (SSSR count). The fourth-order valence-corrected chi connectivity index (χ4v) is 2.71. The minimum Gasteiger partial charge on any atom is -0.497 e. The molecule has 2 aromatic carbocycles. The second-order valence-corrected chi connectivity index (χ2v) is 5.53. The Morgan fingerprint density at radius 1 is 0.957 bits per heavy atom. The maximum atomic E-state index is 5.76. The van der Waals surface area contributed by atoms with E-state index in [-0.39, 0.29) is 0 Å². The predicted molar refractivity (Wildman–Crippen MR) is 92.2 cm³/mol. The lowest BCUT2D eigenvalue weighted by atomic mass is 10.3. The van der Waals surface area contributed by atoms with Crippen LogP contribution in [0.3, 0.4) is 0 Å². The van der Waals surface area contributed by atoms with Crippen molar-refractivity contribution in [2.75, 3.05) is 13.7 Å². The third-order valence-electron chi connectivity index (χ3n) is 3.95. The third kappa shape index (κ3) is 3.65. The Balaban J connectivity index is 1.48. The smallest absolute Gasteiger partial charge is 0.119 e. The summed E-state index contributed by atoms with van der Waals surface area (Å²) in [6.07, 6.45) is 2.08. The molecular formula is C19H22N2O2. The Morgan fingerprint density at radius 3 is 2.48 bits per heavy atom. The molecule has 1 heterocycles. The standard InChI is InChI=1S/C19H22N2O2/c1-15-20-18-7-3-4-8-19(18)21(15)13-5-6-14-23-17-11-9-16(22-2)10-12-17/h3-4,7-12H,5-6,13-14H2,1-2H3. The van der Waals surface area contributed by atoms with Gasteiger partial charge in [-0.2, -0.15) is 0 Å². The molecule has 0 radical (unpaired) electrons. The van der Waals surface area contributed by atoms with E-state index in [9.17, 15) is 0 Å². The molecule has 0 aliphatic carbocycles. The zero-order valence-corrected chi connectivity index (χ0v) is 13.7.